The molecule has 2 nitrogen and oxygen atoms in total. The van der Waals surface area contributed by atoms with Gasteiger partial charge in [0.25, 0.3) is 0 Å². The largest absolute Gasteiger partial charge is 0.382 e. The summed E-state index contributed by atoms with van der Waals surface area (Å²) in [6, 6.07) is 12.2. The smallest absolute Gasteiger partial charge is 0.163 e. The first kappa shape index (κ1) is 12.0. The average molecular weight is 260 g/mol. The molecule has 2 aromatic rings. The third kappa shape index (κ3) is 2.26. The minimum atomic E-state index is -0.791. The van der Waals surface area contributed by atoms with Crippen LogP contribution in [-0.4, -0.2) is 13.1 Å². The van der Waals surface area contributed by atoms with Gasteiger partial charge in [0.15, 0.2) is 11.6 Å². The second-order valence-electron chi connectivity index (χ2n) is 4.58. The van der Waals surface area contributed by atoms with E-state index in [1.807, 2.05) is 24.3 Å². The number of halogens is 2. The molecule has 0 atom stereocenters. The molecular formula is C15H14F2N2. The van der Waals surface area contributed by atoms with Gasteiger partial charge < -0.3 is 10.2 Å². The summed E-state index contributed by atoms with van der Waals surface area (Å²) < 4.78 is 26.9. The van der Waals surface area contributed by atoms with E-state index >= 15 is 0 Å². The van der Waals surface area contributed by atoms with Gasteiger partial charge in [-0.3, -0.25) is 0 Å². The molecule has 0 radical (unpaired) electrons. The first-order valence-corrected chi connectivity index (χ1v) is 6.26. The number of para-hydroxylation sites is 2. The van der Waals surface area contributed by atoms with Gasteiger partial charge in [-0.2, -0.15) is 0 Å². The Hall–Kier alpha value is -2.10. The number of anilines is 2. The molecule has 0 spiro atoms. The van der Waals surface area contributed by atoms with Crippen LogP contribution in [0.1, 0.15) is 5.56 Å². The van der Waals surface area contributed by atoms with E-state index < -0.39 is 11.6 Å². The molecule has 0 aromatic heterocycles. The molecule has 1 aliphatic rings. The molecule has 1 aliphatic heterocycles. The van der Waals surface area contributed by atoms with Gasteiger partial charge in [0.2, 0.25) is 0 Å². The van der Waals surface area contributed by atoms with Crippen molar-refractivity contribution < 1.29 is 8.78 Å². The van der Waals surface area contributed by atoms with Gasteiger partial charge in [-0.1, -0.05) is 24.3 Å². The third-order valence-corrected chi connectivity index (χ3v) is 3.33. The van der Waals surface area contributed by atoms with Gasteiger partial charge in [-0.05, 0) is 18.2 Å². The van der Waals surface area contributed by atoms with Gasteiger partial charge in [0.1, 0.15) is 0 Å². The first-order chi connectivity index (χ1) is 9.25. The van der Waals surface area contributed by atoms with Crippen molar-refractivity contribution in [3.05, 3.63) is 59.7 Å². The van der Waals surface area contributed by atoms with E-state index in [-0.39, 0.29) is 0 Å². The highest BCUT2D eigenvalue weighted by atomic mass is 19.2. The highest BCUT2D eigenvalue weighted by Gasteiger charge is 2.18. The Morgan fingerprint density at radius 1 is 1.05 bits per heavy atom. The van der Waals surface area contributed by atoms with Crippen LogP contribution in [0.3, 0.4) is 0 Å². The fourth-order valence-corrected chi connectivity index (χ4v) is 2.39. The van der Waals surface area contributed by atoms with Gasteiger partial charge >= 0.3 is 0 Å². The highest BCUT2D eigenvalue weighted by Crippen LogP contribution is 2.30. The lowest BCUT2D eigenvalue weighted by Crippen LogP contribution is -2.33. The molecule has 4 heteroatoms. The topological polar surface area (TPSA) is 15.3 Å². The van der Waals surface area contributed by atoms with Crippen LogP contribution >= 0.6 is 0 Å². The fraction of sp³-hybridized carbons (Fsp3) is 0.200. The van der Waals surface area contributed by atoms with Crippen LogP contribution in [-0.2, 0) is 6.54 Å². The second kappa shape index (κ2) is 4.88. The lowest BCUT2D eigenvalue weighted by molar-refractivity contribution is 0.497. The van der Waals surface area contributed by atoms with Gasteiger partial charge in [0.05, 0.1) is 11.4 Å². The third-order valence-electron chi connectivity index (χ3n) is 3.33. The normalized spacial score (nSPS) is 13.9. The van der Waals surface area contributed by atoms with E-state index in [1.54, 1.807) is 12.1 Å². The molecule has 98 valence electrons. The van der Waals surface area contributed by atoms with Crippen LogP contribution < -0.4 is 10.2 Å². The zero-order valence-electron chi connectivity index (χ0n) is 10.4. The predicted molar refractivity (Wildman–Crippen MR) is 72.3 cm³/mol. The lowest BCUT2D eigenvalue weighted by atomic mass is 10.1. The summed E-state index contributed by atoms with van der Waals surface area (Å²) in [5.74, 6) is -1.54. The summed E-state index contributed by atoms with van der Waals surface area (Å²) in [4.78, 5) is 2.06. The molecule has 0 unspecified atom stereocenters. The van der Waals surface area contributed by atoms with E-state index in [2.05, 4.69) is 10.2 Å². The van der Waals surface area contributed by atoms with E-state index in [1.165, 1.54) is 0 Å². The van der Waals surface area contributed by atoms with Crippen LogP contribution in [0.25, 0.3) is 0 Å². The average Bonchev–Trinajstić information content (AvgIpc) is 2.44. The molecule has 0 fully saturated rings. The molecule has 0 saturated carbocycles. The van der Waals surface area contributed by atoms with E-state index in [0.717, 1.165) is 30.5 Å². The van der Waals surface area contributed by atoms with Gasteiger partial charge in [-0.25, -0.2) is 8.78 Å². The van der Waals surface area contributed by atoms with Crippen molar-refractivity contribution in [3.63, 3.8) is 0 Å². The van der Waals surface area contributed by atoms with Crippen molar-refractivity contribution in [2.45, 2.75) is 6.54 Å². The summed E-state index contributed by atoms with van der Waals surface area (Å²) in [6.07, 6.45) is 0. The maximum atomic E-state index is 13.7. The van der Waals surface area contributed by atoms with Crippen LogP contribution in [0, 0.1) is 11.6 Å². The number of rotatable bonds is 2. The molecule has 19 heavy (non-hydrogen) atoms. The molecule has 0 amide bonds. The maximum Gasteiger partial charge on any atom is 0.163 e. The summed E-state index contributed by atoms with van der Waals surface area (Å²) in [5, 5.41) is 3.29. The van der Waals surface area contributed by atoms with Crippen LogP contribution in [0.2, 0.25) is 0 Å². The second-order valence-corrected chi connectivity index (χ2v) is 4.58. The first-order valence-electron chi connectivity index (χ1n) is 6.26. The molecule has 2 aromatic carbocycles. The maximum absolute atomic E-state index is 13.7. The van der Waals surface area contributed by atoms with Crippen LogP contribution in [0.5, 0.6) is 0 Å². The molecular weight excluding hydrogens is 246 g/mol. The predicted octanol–water partition coefficient (Wildman–Crippen LogP) is 3.40. The van der Waals surface area contributed by atoms with Crippen molar-refractivity contribution in [1.82, 2.24) is 0 Å². The number of hydrogen-bond donors (Lipinski definition) is 1. The number of nitrogens with one attached hydrogen (secondary N) is 1. The Bertz CT molecular complexity index is 598. The minimum Gasteiger partial charge on any atom is -0.382 e. The lowest BCUT2D eigenvalue weighted by Gasteiger charge is -2.32. The SMILES string of the molecule is Fc1cccc(CN2CCNc3ccccc32)c1F. The molecule has 3 rings (SSSR count). The molecule has 0 bridgehead atoms. The van der Waals surface area contributed by atoms with Crippen molar-refractivity contribution in [2.24, 2.45) is 0 Å². The number of benzene rings is 2. The quantitative estimate of drug-likeness (QED) is 0.890. The zero-order valence-corrected chi connectivity index (χ0v) is 10.4. The van der Waals surface area contributed by atoms with Gasteiger partial charge in [-0.15, -0.1) is 0 Å². The monoisotopic (exact) mass is 260 g/mol. The molecule has 1 heterocycles. The Balaban J connectivity index is 1.91. The number of hydrogen-bond acceptors (Lipinski definition) is 2. The van der Waals surface area contributed by atoms with Crippen molar-refractivity contribution >= 4 is 11.4 Å². The van der Waals surface area contributed by atoms with E-state index in [4.69, 9.17) is 0 Å². The summed E-state index contributed by atoms with van der Waals surface area (Å²) >= 11 is 0. The van der Waals surface area contributed by atoms with Crippen molar-refractivity contribution in [2.75, 3.05) is 23.3 Å². The minimum absolute atomic E-state index is 0.377. The number of fused-ring (bicyclic) bond motifs is 1. The van der Waals surface area contributed by atoms with Crippen molar-refractivity contribution in [3.8, 4) is 0 Å². The van der Waals surface area contributed by atoms with E-state index in [0.29, 0.717) is 12.1 Å². The molecule has 1 N–H and O–H groups in total. The Morgan fingerprint density at radius 3 is 2.79 bits per heavy atom. The number of nitrogens with zero attached hydrogens (tertiary/aromatic N) is 1. The summed E-state index contributed by atoms with van der Waals surface area (Å²) in [6.45, 7) is 1.95. The molecule has 0 saturated heterocycles. The Kier molecular flexibility index (Phi) is 3.07. The van der Waals surface area contributed by atoms with Gasteiger partial charge in [0, 0.05) is 25.2 Å². The van der Waals surface area contributed by atoms with Crippen LogP contribution in [0.4, 0.5) is 20.2 Å². The highest BCUT2D eigenvalue weighted by molar-refractivity contribution is 5.71. The molecule has 0 aliphatic carbocycles. The van der Waals surface area contributed by atoms with E-state index in [9.17, 15) is 8.78 Å². The fourth-order valence-electron chi connectivity index (χ4n) is 2.39. The standard InChI is InChI=1S/C15H14F2N2/c16-12-5-3-4-11(15(12)17)10-19-9-8-18-13-6-1-2-7-14(13)19/h1-7,18H,8-10H2. The van der Waals surface area contributed by atoms with Crippen molar-refractivity contribution in [1.29, 1.82) is 0 Å². The summed E-state index contributed by atoms with van der Waals surface area (Å²) in [7, 11) is 0. The summed E-state index contributed by atoms with van der Waals surface area (Å²) in [5.41, 5.74) is 2.44. The zero-order chi connectivity index (χ0) is 13.2. The van der Waals surface area contributed by atoms with Crippen LogP contribution in [0.15, 0.2) is 42.5 Å². The Labute approximate surface area is 110 Å². The Morgan fingerprint density at radius 2 is 1.89 bits per heavy atom.